The molecule has 0 aliphatic heterocycles. The lowest BCUT2D eigenvalue weighted by Gasteiger charge is -2.32. The van der Waals surface area contributed by atoms with E-state index in [1.54, 1.807) is 21.1 Å². The summed E-state index contributed by atoms with van der Waals surface area (Å²) in [6.07, 6.45) is 5.11. The summed E-state index contributed by atoms with van der Waals surface area (Å²) in [7, 11) is -3.60. The fraction of sp³-hybridized carbons (Fsp3) is 0.385. The number of nitrogens with one attached hydrogen (secondary N) is 1. The number of amides is 1. The van der Waals surface area contributed by atoms with Gasteiger partial charge in [0.2, 0.25) is 10.0 Å². The second kappa shape index (κ2) is 10.5. The van der Waals surface area contributed by atoms with E-state index in [-0.39, 0.29) is 16.8 Å². The first-order chi connectivity index (χ1) is 16.4. The largest absolute Gasteiger partial charge is 0.307 e. The zero-order valence-electron chi connectivity index (χ0n) is 19.8. The van der Waals surface area contributed by atoms with E-state index in [0.717, 1.165) is 36.9 Å². The molecule has 1 saturated carbocycles. The number of aryl methyl sites for hydroxylation is 1. The van der Waals surface area contributed by atoms with Crippen LogP contribution in [0.4, 0.5) is 5.82 Å². The van der Waals surface area contributed by atoms with E-state index in [2.05, 4.69) is 10.4 Å². The second-order valence-electron chi connectivity index (χ2n) is 8.79. The summed E-state index contributed by atoms with van der Waals surface area (Å²) in [5.74, 6) is 0.287. The average molecular weight is 481 g/mol. The van der Waals surface area contributed by atoms with Gasteiger partial charge in [0.25, 0.3) is 5.91 Å². The second-order valence-corrected chi connectivity index (χ2v) is 10.7. The maximum atomic E-state index is 13.3. The van der Waals surface area contributed by atoms with Gasteiger partial charge in [0.05, 0.1) is 17.1 Å². The van der Waals surface area contributed by atoms with Crippen LogP contribution in [0.5, 0.6) is 0 Å². The van der Waals surface area contributed by atoms with E-state index in [9.17, 15) is 13.2 Å². The summed E-state index contributed by atoms with van der Waals surface area (Å²) in [4.78, 5) is 13.1. The molecule has 1 amide bonds. The first-order valence-corrected chi connectivity index (χ1v) is 13.3. The lowest BCUT2D eigenvalue weighted by Crippen LogP contribution is -2.41. The minimum absolute atomic E-state index is 0.0554. The van der Waals surface area contributed by atoms with Crippen molar-refractivity contribution in [1.29, 1.82) is 0 Å². The summed E-state index contributed by atoms with van der Waals surface area (Å²) in [6.45, 7) is 4.74. The fourth-order valence-corrected chi connectivity index (χ4v) is 6.31. The topological polar surface area (TPSA) is 84.3 Å². The van der Waals surface area contributed by atoms with Crippen LogP contribution in [-0.2, 0) is 16.6 Å². The van der Waals surface area contributed by atoms with Gasteiger partial charge in [-0.05, 0) is 49.6 Å². The fourth-order valence-electron chi connectivity index (χ4n) is 4.62. The minimum Gasteiger partial charge on any atom is -0.307 e. The van der Waals surface area contributed by atoms with Crippen molar-refractivity contribution in [2.45, 2.75) is 63.4 Å². The normalized spacial score (nSPS) is 14.9. The molecule has 0 saturated heterocycles. The van der Waals surface area contributed by atoms with Crippen molar-refractivity contribution in [1.82, 2.24) is 14.1 Å². The highest BCUT2D eigenvalue weighted by atomic mass is 32.2. The van der Waals surface area contributed by atoms with Crippen LogP contribution in [0.2, 0.25) is 0 Å². The Labute approximate surface area is 201 Å². The van der Waals surface area contributed by atoms with E-state index in [4.69, 9.17) is 0 Å². The zero-order chi connectivity index (χ0) is 24.1. The average Bonchev–Trinajstić information content (AvgIpc) is 3.19. The van der Waals surface area contributed by atoms with Crippen molar-refractivity contribution in [3.63, 3.8) is 0 Å². The quantitative estimate of drug-likeness (QED) is 0.500. The van der Waals surface area contributed by atoms with Crippen LogP contribution in [0.15, 0.2) is 65.6 Å². The maximum Gasteiger partial charge on any atom is 0.256 e. The molecule has 1 aliphatic rings. The standard InChI is InChI=1S/C26H32N4O3S/c1-3-30(23-12-8-5-9-13-23)34(32,33)24-16-14-22(15-17-24)26(31)27-25-18-20(2)28-29(25)19-21-10-6-4-7-11-21/h4,6-7,10-11,14-18,23H,3,5,8-9,12-13,19H2,1-2H3,(H,27,31). The molecule has 0 atom stereocenters. The highest BCUT2D eigenvalue weighted by Crippen LogP contribution is 2.28. The predicted molar refractivity (Wildman–Crippen MR) is 133 cm³/mol. The molecule has 1 aliphatic carbocycles. The molecule has 0 unspecified atom stereocenters. The molecule has 180 valence electrons. The van der Waals surface area contributed by atoms with E-state index >= 15 is 0 Å². The lowest BCUT2D eigenvalue weighted by atomic mass is 9.95. The molecule has 3 aromatic rings. The van der Waals surface area contributed by atoms with E-state index < -0.39 is 10.0 Å². The van der Waals surface area contributed by atoms with Crippen molar-refractivity contribution in [3.05, 3.63) is 77.5 Å². The van der Waals surface area contributed by atoms with Gasteiger partial charge in [0.15, 0.2) is 0 Å². The molecule has 8 heteroatoms. The molecule has 1 aromatic heterocycles. The van der Waals surface area contributed by atoms with E-state index in [0.29, 0.717) is 24.5 Å². The van der Waals surface area contributed by atoms with Gasteiger partial charge in [-0.1, -0.05) is 56.5 Å². The van der Waals surface area contributed by atoms with Gasteiger partial charge in [-0.15, -0.1) is 0 Å². The van der Waals surface area contributed by atoms with Crippen LogP contribution in [0.25, 0.3) is 0 Å². The molecular formula is C26H32N4O3S. The van der Waals surface area contributed by atoms with Gasteiger partial charge in [-0.2, -0.15) is 9.40 Å². The first-order valence-electron chi connectivity index (χ1n) is 11.9. The van der Waals surface area contributed by atoms with Gasteiger partial charge in [0.1, 0.15) is 5.82 Å². The van der Waals surface area contributed by atoms with E-state index in [1.165, 1.54) is 18.6 Å². The van der Waals surface area contributed by atoms with Crippen molar-refractivity contribution >= 4 is 21.7 Å². The van der Waals surface area contributed by atoms with Crippen LogP contribution in [0.1, 0.15) is 60.6 Å². The Kier molecular flexibility index (Phi) is 7.48. The molecule has 7 nitrogen and oxygen atoms in total. The smallest absolute Gasteiger partial charge is 0.256 e. The van der Waals surface area contributed by atoms with Crippen molar-refractivity contribution in [3.8, 4) is 0 Å². The third-order valence-corrected chi connectivity index (χ3v) is 8.38. The van der Waals surface area contributed by atoms with Crippen molar-refractivity contribution < 1.29 is 13.2 Å². The molecule has 4 rings (SSSR count). The molecule has 0 spiro atoms. The van der Waals surface area contributed by atoms with Crippen LogP contribution < -0.4 is 5.32 Å². The Morgan fingerprint density at radius 3 is 2.38 bits per heavy atom. The predicted octanol–water partition coefficient (Wildman–Crippen LogP) is 4.84. The van der Waals surface area contributed by atoms with E-state index in [1.807, 2.05) is 50.2 Å². The number of aromatic nitrogens is 2. The Hall–Kier alpha value is -2.97. The molecule has 2 aromatic carbocycles. The summed E-state index contributed by atoms with van der Waals surface area (Å²) in [5.41, 5.74) is 2.27. The van der Waals surface area contributed by atoms with Crippen LogP contribution >= 0.6 is 0 Å². The van der Waals surface area contributed by atoms with Crippen LogP contribution in [0, 0.1) is 6.92 Å². The summed E-state index contributed by atoms with van der Waals surface area (Å²) < 4.78 is 29.9. The Balaban J connectivity index is 1.48. The maximum absolute atomic E-state index is 13.3. The summed E-state index contributed by atoms with van der Waals surface area (Å²) in [5, 5.41) is 7.40. The number of hydrogen-bond acceptors (Lipinski definition) is 4. The highest BCUT2D eigenvalue weighted by molar-refractivity contribution is 7.89. The Bertz CT molecular complexity index is 1210. The highest BCUT2D eigenvalue weighted by Gasteiger charge is 2.31. The number of anilines is 1. The summed E-state index contributed by atoms with van der Waals surface area (Å²) >= 11 is 0. The van der Waals surface area contributed by atoms with Crippen LogP contribution in [0.3, 0.4) is 0 Å². The van der Waals surface area contributed by atoms with Crippen molar-refractivity contribution in [2.75, 3.05) is 11.9 Å². The summed E-state index contributed by atoms with van der Waals surface area (Å²) in [6, 6.07) is 18.0. The number of sulfonamides is 1. The minimum atomic E-state index is -3.60. The molecule has 1 fully saturated rings. The van der Waals surface area contributed by atoms with Crippen molar-refractivity contribution in [2.24, 2.45) is 0 Å². The molecule has 1 N–H and O–H groups in total. The van der Waals surface area contributed by atoms with Gasteiger partial charge in [-0.3, -0.25) is 4.79 Å². The number of nitrogens with zero attached hydrogens (tertiary/aromatic N) is 3. The molecule has 0 radical (unpaired) electrons. The van der Waals surface area contributed by atoms with Gasteiger partial charge in [-0.25, -0.2) is 13.1 Å². The number of hydrogen-bond donors (Lipinski definition) is 1. The number of rotatable bonds is 8. The van der Waals surface area contributed by atoms with Gasteiger partial charge < -0.3 is 5.32 Å². The molecule has 0 bridgehead atoms. The van der Waals surface area contributed by atoms with Crippen LogP contribution in [-0.4, -0.2) is 41.0 Å². The number of carbonyl (C=O) groups is 1. The van der Waals surface area contributed by atoms with Gasteiger partial charge in [0, 0.05) is 24.2 Å². The third-order valence-electron chi connectivity index (χ3n) is 6.34. The first kappa shape index (κ1) is 24.2. The zero-order valence-corrected chi connectivity index (χ0v) is 20.6. The third kappa shape index (κ3) is 5.39. The van der Waals surface area contributed by atoms with Gasteiger partial charge >= 0.3 is 0 Å². The monoisotopic (exact) mass is 480 g/mol. The Morgan fingerprint density at radius 1 is 1.06 bits per heavy atom. The number of carbonyl (C=O) groups excluding carboxylic acids is 1. The number of benzene rings is 2. The Morgan fingerprint density at radius 2 is 1.74 bits per heavy atom. The molecule has 34 heavy (non-hydrogen) atoms. The lowest BCUT2D eigenvalue weighted by molar-refractivity contribution is 0.102. The molecule has 1 heterocycles. The molecular weight excluding hydrogens is 448 g/mol. The SMILES string of the molecule is CCN(C1CCCCC1)S(=O)(=O)c1ccc(C(=O)Nc2cc(C)nn2Cc2ccccc2)cc1.